The van der Waals surface area contributed by atoms with Gasteiger partial charge in [0, 0.05) is 10.3 Å². The normalized spacial score (nSPS) is 24.8. The van der Waals surface area contributed by atoms with Crippen LogP contribution >= 0.6 is 23.4 Å². The maximum absolute atomic E-state index is 13.0. The number of carboxylic acid groups (broad SMARTS) is 1. The van der Waals surface area contributed by atoms with Gasteiger partial charge in [-0.3, -0.25) is 9.59 Å². The Morgan fingerprint density at radius 1 is 1.34 bits per heavy atom. The highest BCUT2D eigenvalue weighted by molar-refractivity contribution is 8.01. The Bertz CT molecular complexity index is 1040. The lowest BCUT2D eigenvalue weighted by Gasteiger charge is -2.45. The summed E-state index contributed by atoms with van der Waals surface area (Å²) in [6.07, 6.45) is 0. The van der Waals surface area contributed by atoms with Crippen LogP contribution in [-0.2, 0) is 9.59 Å². The average Bonchev–Trinajstić information content (AvgIpc) is 3.15. The van der Waals surface area contributed by atoms with E-state index in [2.05, 4.69) is 10.5 Å². The molecule has 0 aliphatic carbocycles. The number of nitrogens with one attached hydrogen (secondary N) is 1. The molecule has 2 aliphatic rings. The van der Waals surface area contributed by atoms with Crippen LogP contribution in [0.25, 0.3) is 11.3 Å². The van der Waals surface area contributed by atoms with Crippen molar-refractivity contribution in [1.82, 2.24) is 15.4 Å². The van der Waals surface area contributed by atoms with Crippen molar-refractivity contribution in [3.63, 3.8) is 0 Å². The molecule has 1 N–H and O–H groups in total. The Kier molecular flexibility index (Phi) is 4.62. The van der Waals surface area contributed by atoms with E-state index in [-0.39, 0.29) is 17.0 Å². The topological polar surface area (TPSA) is 116 Å². The van der Waals surface area contributed by atoms with E-state index >= 15 is 0 Å². The summed E-state index contributed by atoms with van der Waals surface area (Å²) in [5.41, 5.74) is 0.996. The first-order chi connectivity index (χ1) is 13.6. The molecule has 0 bridgehead atoms. The van der Waals surface area contributed by atoms with Crippen LogP contribution in [0.2, 0.25) is 5.02 Å². The molecule has 0 unspecified atom stereocenters. The van der Waals surface area contributed by atoms with Gasteiger partial charge in [0.15, 0.2) is 0 Å². The van der Waals surface area contributed by atoms with Crippen LogP contribution in [0.5, 0.6) is 0 Å². The number of hydrogen-bond donors (Lipinski definition) is 1. The zero-order valence-electron chi connectivity index (χ0n) is 15.8. The van der Waals surface area contributed by atoms with Crippen LogP contribution in [-0.4, -0.2) is 50.0 Å². The first-order valence-corrected chi connectivity index (χ1v) is 10.1. The molecule has 8 nitrogen and oxygen atoms in total. The molecule has 4 rings (SSSR count). The van der Waals surface area contributed by atoms with Crippen molar-refractivity contribution in [1.29, 1.82) is 0 Å². The minimum atomic E-state index is -1.31. The van der Waals surface area contributed by atoms with E-state index in [0.29, 0.717) is 10.6 Å². The lowest BCUT2D eigenvalue weighted by atomic mass is 9.95. The third kappa shape index (κ3) is 3.00. The van der Waals surface area contributed by atoms with E-state index in [0.717, 1.165) is 0 Å². The van der Waals surface area contributed by atoms with E-state index in [9.17, 15) is 19.5 Å². The third-order valence-corrected chi connectivity index (χ3v) is 7.07. The van der Waals surface area contributed by atoms with Gasteiger partial charge in [-0.1, -0.05) is 35.0 Å². The van der Waals surface area contributed by atoms with Crippen LogP contribution in [0.1, 0.15) is 30.0 Å². The fraction of sp³-hybridized carbons (Fsp3) is 0.368. The number of fused-ring (bicyclic) bond motifs is 1. The number of aliphatic carboxylic acids is 1. The number of carbonyl (C=O) groups is 3. The summed E-state index contributed by atoms with van der Waals surface area (Å²) >= 11 is 7.54. The van der Waals surface area contributed by atoms with E-state index in [4.69, 9.17) is 16.1 Å². The molecule has 2 saturated heterocycles. The summed E-state index contributed by atoms with van der Waals surface area (Å²) in [5.74, 6) is -2.01. The standard InChI is InChI=1S/C19H18ClN3O5S/c1-8-11(12(22-28-8)9-6-4-5-7-10(9)20)15(24)21-13-16(25)23-14(18(26)27)19(2,3)29-17(13)23/h4-7,13-14,17H,1-3H3,(H,21,24)(H,26,27)/p-1/t13-,14+,17+/m0/s1. The predicted octanol–water partition coefficient (Wildman–Crippen LogP) is 1.21. The Morgan fingerprint density at radius 2 is 2.03 bits per heavy atom. The van der Waals surface area contributed by atoms with Gasteiger partial charge in [0.05, 0.1) is 17.0 Å². The van der Waals surface area contributed by atoms with Gasteiger partial charge in [-0.05, 0) is 26.8 Å². The third-order valence-electron chi connectivity index (χ3n) is 5.17. The molecule has 2 aromatic rings. The summed E-state index contributed by atoms with van der Waals surface area (Å²) < 4.78 is 4.47. The second-order valence-electron chi connectivity index (χ2n) is 7.47. The predicted molar refractivity (Wildman–Crippen MR) is 104 cm³/mol. The first kappa shape index (κ1) is 19.8. The van der Waals surface area contributed by atoms with Crippen LogP contribution in [0.3, 0.4) is 0 Å². The van der Waals surface area contributed by atoms with E-state index in [1.54, 1.807) is 45.0 Å². The summed E-state index contributed by atoms with van der Waals surface area (Å²) in [6.45, 7) is 5.07. The lowest BCUT2D eigenvalue weighted by Crippen LogP contribution is -2.71. The average molecular weight is 435 g/mol. The van der Waals surface area contributed by atoms with Crippen molar-refractivity contribution >= 4 is 41.1 Å². The van der Waals surface area contributed by atoms with Crippen molar-refractivity contribution in [3.05, 3.63) is 40.6 Å². The van der Waals surface area contributed by atoms with Crippen molar-refractivity contribution in [2.24, 2.45) is 0 Å². The molecular weight excluding hydrogens is 418 g/mol. The summed E-state index contributed by atoms with van der Waals surface area (Å²) in [7, 11) is 0. The minimum Gasteiger partial charge on any atom is -0.548 e. The van der Waals surface area contributed by atoms with E-state index in [1.807, 2.05) is 0 Å². The molecule has 10 heteroatoms. The van der Waals surface area contributed by atoms with Gasteiger partial charge in [-0.2, -0.15) is 0 Å². The molecule has 1 aromatic heterocycles. The Labute approximate surface area is 175 Å². The molecule has 2 fully saturated rings. The molecule has 0 spiro atoms. The number of carbonyl (C=O) groups excluding carboxylic acids is 3. The van der Waals surface area contributed by atoms with Crippen molar-refractivity contribution in [2.45, 2.75) is 43.0 Å². The highest BCUT2D eigenvalue weighted by Gasteiger charge is 2.62. The van der Waals surface area contributed by atoms with E-state index < -0.39 is 40.0 Å². The monoisotopic (exact) mass is 434 g/mol. The zero-order valence-corrected chi connectivity index (χ0v) is 17.3. The van der Waals surface area contributed by atoms with Gasteiger partial charge in [-0.15, -0.1) is 11.8 Å². The van der Waals surface area contributed by atoms with Gasteiger partial charge in [0.25, 0.3) is 5.91 Å². The zero-order chi connectivity index (χ0) is 21.1. The minimum absolute atomic E-state index is 0.183. The molecule has 1 aromatic carbocycles. The smallest absolute Gasteiger partial charge is 0.257 e. The van der Waals surface area contributed by atoms with Gasteiger partial charge >= 0.3 is 0 Å². The number of hydrogen-bond acceptors (Lipinski definition) is 7. The fourth-order valence-corrected chi connectivity index (χ4v) is 5.66. The quantitative estimate of drug-likeness (QED) is 0.719. The number of aryl methyl sites for hydroxylation is 1. The highest BCUT2D eigenvalue weighted by Crippen LogP contribution is 2.50. The molecule has 2 amide bonds. The molecule has 29 heavy (non-hydrogen) atoms. The van der Waals surface area contributed by atoms with Crippen LogP contribution in [0.4, 0.5) is 0 Å². The van der Waals surface area contributed by atoms with E-state index in [1.165, 1.54) is 16.7 Å². The Morgan fingerprint density at radius 3 is 2.69 bits per heavy atom. The number of carboxylic acids is 1. The van der Waals surface area contributed by atoms with Crippen LogP contribution in [0.15, 0.2) is 28.8 Å². The number of amides is 2. The molecule has 152 valence electrons. The Hall–Kier alpha value is -2.52. The Balaban J connectivity index is 1.60. The molecule has 0 saturated carbocycles. The lowest BCUT2D eigenvalue weighted by molar-refractivity contribution is -0.312. The largest absolute Gasteiger partial charge is 0.548 e. The molecule has 3 heterocycles. The molecule has 2 aliphatic heterocycles. The van der Waals surface area contributed by atoms with Gasteiger partial charge < -0.3 is 24.6 Å². The van der Waals surface area contributed by atoms with Crippen molar-refractivity contribution in [3.8, 4) is 11.3 Å². The maximum Gasteiger partial charge on any atom is 0.257 e. The van der Waals surface area contributed by atoms with Crippen LogP contribution in [0, 0.1) is 6.92 Å². The van der Waals surface area contributed by atoms with Crippen molar-refractivity contribution < 1.29 is 24.0 Å². The van der Waals surface area contributed by atoms with Gasteiger partial charge in [0.1, 0.15) is 28.4 Å². The summed E-state index contributed by atoms with van der Waals surface area (Å²) in [5, 5.41) is 18.1. The molecule has 3 atom stereocenters. The number of nitrogens with zero attached hydrogens (tertiary/aromatic N) is 2. The summed E-state index contributed by atoms with van der Waals surface area (Å²) in [4.78, 5) is 38.3. The maximum atomic E-state index is 13.0. The van der Waals surface area contributed by atoms with Gasteiger partial charge in [0.2, 0.25) is 5.91 Å². The SMILES string of the molecule is Cc1onc(-c2ccccc2Cl)c1C(=O)N[C@H]1C(=O)N2[C@@H]1SC(C)(C)[C@H]2C(=O)[O-]. The molecular formula is C19H17ClN3O5S-. The molecule has 0 radical (unpaired) electrons. The van der Waals surface area contributed by atoms with Crippen LogP contribution < -0.4 is 10.4 Å². The second kappa shape index (κ2) is 6.77. The number of aromatic nitrogens is 1. The summed E-state index contributed by atoms with van der Waals surface area (Å²) in [6, 6.07) is 5.02. The van der Waals surface area contributed by atoms with Crippen molar-refractivity contribution in [2.75, 3.05) is 0 Å². The second-order valence-corrected chi connectivity index (χ2v) is 9.65. The first-order valence-electron chi connectivity index (χ1n) is 8.86. The number of β-lactam (4-membered cyclic amide) rings is 1. The fourth-order valence-electron chi connectivity index (χ4n) is 3.82. The van der Waals surface area contributed by atoms with Gasteiger partial charge in [-0.25, -0.2) is 0 Å². The highest BCUT2D eigenvalue weighted by atomic mass is 35.5. The number of benzene rings is 1. The number of rotatable bonds is 4. The number of thioether (sulfide) groups is 1. The number of halogens is 1.